The van der Waals surface area contributed by atoms with Crippen LogP contribution < -0.4 is 17.0 Å². The summed E-state index contributed by atoms with van der Waals surface area (Å²) in [6.45, 7) is 4.39. The fraction of sp³-hybridized carbons (Fsp3) is 0.615. The number of fused-ring (bicyclic) bond motifs is 1. The molecule has 0 saturated carbocycles. The highest BCUT2D eigenvalue weighted by Gasteiger charge is 2.20. The molecule has 0 aromatic carbocycles. The van der Waals surface area contributed by atoms with Crippen molar-refractivity contribution in [1.29, 1.82) is 0 Å². The van der Waals surface area contributed by atoms with Crippen LogP contribution in [0.2, 0.25) is 0 Å². The molecule has 0 radical (unpaired) electrons. The van der Waals surface area contributed by atoms with Crippen molar-refractivity contribution in [2.24, 2.45) is 19.8 Å². The van der Waals surface area contributed by atoms with Gasteiger partial charge in [0.15, 0.2) is 11.2 Å². The first kappa shape index (κ1) is 14.5. The molecule has 0 spiro atoms. The molecular weight excluding hydrogens is 258 g/mol. The SMILES string of the molecule is CCC(C)n1c(=O)n(C)c(=O)c2c1nc(CCN)n2C. The van der Waals surface area contributed by atoms with E-state index in [1.165, 1.54) is 7.05 Å². The third-order valence-electron chi connectivity index (χ3n) is 3.80. The van der Waals surface area contributed by atoms with Crippen LogP contribution in [0.5, 0.6) is 0 Å². The Balaban J connectivity index is 2.95. The summed E-state index contributed by atoms with van der Waals surface area (Å²) in [5.74, 6) is 0.724. The molecule has 0 aliphatic rings. The molecule has 0 bridgehead atoms. The van der Waals surface area contributed by atoms with Crippen LogP contribution in [0.4, 0.5) is 0 Å². The Hall–Kier alpha value is -1.89. The lowest BCUT2D eigenvalue weighted by atomic mass is 10.2. The quantitative estimate of drug-likeness (QED) is 0.847. The van der Waals surface area contributed by atoms with E-state index in [0.717, 1.165) is 16.8 Å². The fourth-order valence-corrected chi connectivity index (χ4v) is 2.37. The van der Waals surface area contributed by atoms with E-state index in [0.29, 0.717) is 24.1 Å². The Morgan fingerprint density at radius 3 is 2.45 bits per heavy atom. The van der Waals surface area contributed by atoms with Crippen LogP contribution in [0.1, 0.15) is 32.1 Å². The molecule has 110 valence electrons. The van der Waals surface area contributed by atoms with E-state index >= 15 is 0 Å². The molecule has 0 amide bonds. The van der Waals surface area contributed by atoms with E-state index in [-0.39, 0.29) is 17.3 Å². The standard InChI is InChI=1S/C13H21N5O2/c1-5-8(2)18-11-10(12(19)17(4)13(18)20)16(3)9(15-11)6-7-14/h8H,5-7,14H2,1-4H3. The van der Waals surface area contributed by atoms with Gasteiger partial charge in [-0.25, -0.2) is 9.78 Å². The van der Waals surface area contributed by atoms with Crippen molar-refractivity contribution in [3.63, 3.8) is 0 Å². The molecule has 20 heavy (non-hydrogen) atoms. The van der Waals surface area contributed by atoms with Gasteiger partial charge in [0, 0.05) is 26.6 Å². The van der Waals surface area contributed by atoms with Crippen molar-refractivity contribution in [2.45, 2.75) is 32.7 Å². The Bertz CT molecular complexity index is 753. The van der Waals surface area contributed by atoms with E-state index in [1.807, 2.05) is 13.8 Å². The fourth-order valence-electron chi connectivity index (χ4n) is 2.37. The maximum Gasteiger partial charge on any atom is 0.332 e. The third kappa shape index (κ3) is 1.98. The van der Waals surface area contributed by atoms with Gasteiger partial charge in [0.2, 0.25) is 0 Å². The highest BCUT2D eigenvalue weighted by molar-refractivity contribution is 5.71. The minimum atomic E-state index is -0.325. The van der Waals surface area contributed by atoms with Crippen LogP contribution in [0.25, 0.3) is 11.2 Å². The van der Waals surface area contributed by atoms with Gasteiger partial charge in [-0.1, -0.05) is 6.92 Å². The van der Waals surface area contributed by atoms with Gasteiger partial charge in [-0.3, -0.25) is 13.9 Å². The summed E-state index contributed by atoms with van der Waals surface area (Å²) in [7, 11) is 3.28. The normalized spacial score (nSPS) is 13.1. The predicted molar refractivity (Wildman–Crippen MR) is 78.0 cm³/mol. The highest BCUT2D eigenvalue weighted by atomic mass is 16.2. The summed E-state index contributed by atoms with van der Waals surface area (Å²) in [4.78, 5) is 29.1. The van der Waals surface area contributed by atoms with Crippen LogP contribution in [0.3, 0.4) is 0 Å². The van der Waals surface area contributed by atoms with E-state index in [1.54, 1.807) is 16.2 Å². The topological polar surface area (TPSA) is 87.8 Å². The number of hydrogen-bond acceptors (Lipinski definition) is 4. The monoisotopic (exact) mass is 279 g/mol. The Morgan fingerprint density at radius 1 is 1.25 bits per heavy atom. The maximum atomic E-state index is 12.3. The lowest BCUT2D eigenvalue weighted by Gasteiger charge is -2.14. The average molecular weight is 279 g/mol. The molecule has 7 heteroatoms. The molecule has 0 fully saturated rings. The van der Waals surface area contributed by atoms with Gasteiger partial charge in [-0.15, -0.1) is 0 Å². The summed E-state index contributed by atoms with van der Waals surface area (Å²) in [6.07, 6.45) is 1.36. The zero-order chi connectivity index (χ0) is 15.0. The van der Waals surface area contributed by atoms with Crippen LogP contribution in [-0.4, -0.2) is 25.2 Å². The number of aromatic nitrogens is 4. The zero-order valence-electron chi connectivity index (χ0n) is 12.4. The molecule has 2 rings (SSSR count). The van der Waals surface area contributed by atoms with Gasteiger partial charge in [-0.2, -0.15) is 0 Å². The number of aryl methyl sites for hydroxylation is 1. The number of nitrogens with zero attached hydrogens (tertiary/aromatic N) is 4. The van der Waals surface area contributed by atoms with E-state index < -0.39 is 0 Å². The smallest absolute Gasteiger partial charge is 0.330 e. The van der Waals surface area contributed by atoms with Crippen molar-refractivity contribution in [2.75, 3.05) is 6.54 Å². The van der Waals surface area contributed by atoms with Gasteiger partial charge < -0.3 is 10.3 Å². The molecule has 0 aliphatic heterocycles. The number of hydrogen-bond donors (Lipinski definition) is 1. The highest BCUT2D eigenvalue weighted by Crippen LogP contribution is 2.15. The molecule has 2 N–H and O–H groups in total. The number of imidazole rings is 1. The molecule has 0 aliphatic carbocycles. The predicted octanol–water partition coefficient (Wildman–Crippen LogP) is -0.0941. The molecule has 0 saturated heterocycles. The Kier molecular flexibility index (Phi) is 3.80. The zero-order valence-corrected chi connectivity index (χ0v) is 12.4. The second-order valence-electron chi connectivity index (χ2n) is 5.07. The summed E-state index contributed by atoms with van der Waals surface area (Å²) in [5, 5.41) is 0. The molecule has 2 aromatic rings. The van der Waals surface area contributed by atoms with E-state index in [2.05, 4.69) is 4.98 Å². The second-order valence-corrected chi connectivity index (χ2v) is 5.07. The van der Waals surface area contributed by atoms with Crippen molar-refractivity contribution in [3.8, 4) is 0 Å². The summed E-state index contributed by atoms with van der Waals surface area (Å²) >= 11 is 0. The summed E-state index contributed by atoms with van der Waals surface area (Å²) in [6, 6.07) is -0.0163. The van der Waals surface area contributed by atoms with Gasteiger partial charge in [0.05, 0.1) is 0 Å². The summed E-state index contributed by atoms with van der Waals surface area (Å²) < 4.78 is 4.47. The first-order chi connectivity index (χ1) is 9.43. The minimum absolute atomic E-state index is 0.0163. The van der Waals surface area contributed by atoms with Crippen LogP contribution >= 0.6 is 0 Å². The molecule has 2 aromatic heterocycles. The van der Waals surface area contributed by atoms with Crippen molar-refractivity contribution in [3.05, 3.63) is 26.7 Å². The van der Waals surface area contributed by atoms with Gasteiger partial charge in [-0.05, 0) is 19.9 Å². The average Bonchev–Trinajstić information content (AvgIpc) is 2.74. The van der Waals surface area contributed by atoms with Crippen LogP contribution in [-0.2, 0) is 20.5 Å². The van der Waals surface area contributed by atoms with Gasteiger partial charge >= 0.3 is 5.69 Å². The minimum Gasteiger partial charge on any atom is -0.330 e. The van der Waals surface area contributed by atoms with E-state index in [4.69, 9.17) is 5.73 Å². The van der Waals surface area contributed by atoms with Crippen molar-refractivity contribution >= 4 is 11.2 Å². The Labute approximate surface area is 116 Å². The lowest BCUT2D eigenvalue weighted by Crippen LogP contribution is -2.39. The van der Waals surface area contributed by atoms with E-state index in [9.17, 15) is 9.59 Å². The third-order valence-corrected chi connectivity index (χ3v) is 3.80. The number of rotatable bonds is 4. The maximum absolute atomic E-state index is 12.3. The Morgan fingerprint density at radius 2 is 1.90 bits per heavy atom. The van der Waals surface area contributed by atoms with Crippen molar-refractivity contribution in [1.82, 2.24) is 18.7 Å². The largest absolute Gasteiger partial charge is 0.332 e. The summed E-state index contributed by atoms with van der Waals surface area (Å²) in [5.41, 5.74) is 5.84. The second kappa shape index (κ2) is 5.24. The van der Waals surface area contributed by atoms with Crippen LogP contribution in [0.15, 0.2) is 9.59 Å². The lowest BCUT2D eigenvalue weighted by molar-refractivity contribution is 0.499. The molecular formula is C13H21N5O2. The molecule has 7 nitrogen and oxygen atoms in total. The first-order valence-electron chi connectivity index (χ1n) is 6.80. The number of nitrogens with two attached hydrogens (primary N) is 1. The van der Waals surface area contributed by atoms with Crippen LogP contribution in [0, 0.1) is 0 Å². The molecule has 2 heterocycles. The molecule has 1 atom stereocenters. The van der Waals surface area contributed by atoms with Gasteiger partial charge in [0.1, 0.15) is 5.82 Å². The van der Waals surface area contributed by atoms with Gasteiger partial charge in [0.25, 0.3) is 5.56 Å². The van der Waals surface area contributed by atoms with Crippen molar-refractivity contribution < 1.29 is 0 Å². The first-order valence-corrected chi connectivity index (χ1v) is 6.80. The molecule has 1 unspecified atom stereocenters.